The van der Waals surface area contributed by atoms with Crippen LogP contribution in [-0.4, -0.2) is 47.1 Å². The van der Waals surface area contributed by atoms with Crippen LogP contribution in [0.2, 0.25) is 0 Å². The number of allylic oxidation sites excluding steroid dienone is 4. The summed E-state index contributed by atoms with van der Waals surface area (Å²) in [5.74, 6) is 0.882. The largest absolute Gasteiger partial charge is 0.508 e. The summed E-state index contributed by atoms with van der Waals surface area (Å²) in [4.78, 5) is 24.1. The van der Waals surface area contributed by atoms with E-state index in [0.717, 1.165) is 43.3 Å². The molecule has 3 fully saturated rings. The molecule has 0 bridgehead atoms. The predicted molar refractivity (Wildman–Crippen MR) is 136 cm³/mol. The molecule has 2 N–H and O–H groups in total. The lowest BCUT2D eigenvalue weighted by atomic mass is 9.61. The topological polar surface area (TPSA) is 93.1 Å². The first-order chi connectivity index (χ1) is 16.4. The van der Waals surface area contributed by atoms with E-state index in [4.69, 9.17) is 4.74 Å². The summed E-state index contributed by atoms with van der Waals surface area (Å²) in [6.45, 7) is 11.7. The highest BCUT2D eigenvalue weighted by Gasteiger charge is 2.50. The summed E-state index contributed by atoms with van der Waals surface area (Å²) in [5, 5.41) is 20.2. The number of methoxy groups -OCH3 is 1. The van der Waals surface area contributed by atoms with Crippen LogP contribution >= 0.6 is 0 Å². The number of aliphatic hydroxyl groups is 2. The van der Waals surface area contributed by atoms with E-state index in [1.54, 1.807) is 19.9 Å². The Kier molecular flexibility index (Phi) is 8.48. The van der Waals surface area contributed by atoms with Crippen LogP contribution in [0.15, 0.2) is 47.6 Å². The molecule has 3 rings (SSSR count). The van der Waals surface area contributed by atoms with Gasteiger partial charge in [0.15, 0.2) is 11.4 Å². The zero-order chi connectivity index (χ0) is 26.0. The molecule has 3 aliphatic carbocycles. The molecule has 6 atom stereocenters. The monoisotopic (exact) mass is 486 g/mol. The minimum atomic E-state index is -1.27. The normalized spacial score (nSPS) is 34.8. The van der Waals surface area contributed by atoms with Gasteiger partial charge in [-0.15, -0.1) is 0 Å². The Morgan fingerprint density at radius 2 is 1.94 bits per heavy atom. The molecule has 0 radical (unpaired) electrons. The Morgan fingerprint density at radius 3 is 2.63 bits per heavy atom. The Bertz CT molecular complexity index is 925. The van der Waals surface area contributed by atoms with Gasteiger partial charge in [0.05, 0.1) is 19.3 Å². The SMILES string of the molecule is C=C1/C(=C\C=C2/CCC[C@]3(C)[C@@H]([C@H](C)/C=C/C(=O)C(C)(C)OC(=O)OC)CC[C@@H]23)C[C@@H](O)C[C@@H]1O. The molecule has 0 unspecified atom stereocenters. The number of fused-ring (bicyclic) bond motifs is 1. The van der Waals surface area contributed by atoms with Crippen molar-refractivity contribution in [2.45, 2.75) is 90.4 Å². The third-order valence-corrected chi connectivity index (χ3v) is 8.59. The second-order valence-electron chi connectivity index (χ2n) is 11.3. The van der Waals surface area contributed by atoms with E-state index < -0.39 is 24.0 Å². The molecule has 0 spiro atoms. The van der Waals surface area contributed by atoms with Crippen LogP contribution in [-0.2, 0) is 14.3 Å². The van der Waals surface area contributed by atoms with Gasteiger partial charge >= 0.3 is 6.16 Å². The van der Waals surface area contributed by atoms with Gasteiger partial charge in [-0.3, -0.25) is 4.79 Å². The average molecular weight is 487 g/mol. The van der Waals surface area contributed by atoms with Gasteiger partial charge in [0.25, 0.3) is 0 Å². The lowest BCUT2D eigenvalue weighted by molar-refractivity contribution is -0.131. The van der Waals surface area contributed by atoms with Gasteiger partial charge in [0, 0.05) is 6.42 Å². The lowest BCUT2D eigenvalue weighted by Gasteiger charge is -2.44. The Balaban J connectivity index is 1.73. The maximum atomic E-state index is 12.7. The fourth-order valence-electron chi connectivity index (χ4n) is 6.48. The zero-order valence-electron chi connectivity index (χ0n) is 21.9. The number of aliphatic hydroxyl groups excluding tert-OH is 2. The minimum absolute atomic E-state index is 0.149. The number of hydrogen-bond acceptors (Lipinski definition) is 6. The van der Waals surface area contributed by atoms with Crippen molar-refractivity contribution in [3.63, 3.8) is 0 Å². The quantitative estimate of drug-likeness (QED) is 0.383. The average Bonchev–Trinajstić information content (AvgIpc) is 3.15. The number of ketones is 1. The maximum Gasteiger partial charge on any atom is 0.508 e. The van der Waals surface area contributed by atoms with E-state index in [1.807, 2.05) is 6.08 Å². The van der Waals surface area contributed by atoms with Gasteiger partial charge in [-0.05, 0) is 92.8 Å². The standard InChI is InChI=1S/C29H42O6/c1-18(9-14-26(32)28(3,4)35-27(33)34-6)23-12-13-24-20(8-7-15-29(23,24)5)10-11-21-16-22(30)17-25(31)19(21)2/h9-11,14,18,22-25,30-31H,2,7-8,12-13,15-17H2,1,3-6H3/b14-9+,20-10+,21-11-/t18-,22-,23-,24+,25+,29-/m1/s1. The van der Waals surface area contributed by atoms with E-state index in [2.05, 4.69) is 37.3 Å². The van der Waals surface area contributed by atoms with Crippen molar-refractivity contribution in [2.24, 2.45) is 23.2 Å². The molecule has 0 aliphatic heterocycles. The van der Waals surface area contributed by atoms with Crippen molar-refractivity contribution < 1.29 is 29.3 Å². The highest BCUT2D eigenvalue weighted by Crippen LogP contribution is 2.59. The molecule has 35 heavy (non-hydrogen) atoms. The zero-order valence-corrected chi connectivity index (χ0v) is 21.9. The van der Waals surface area contributed by atoms with Gasteiger partial charge < -0.3 is 19.7 Å². The molecular weight excluding hydrogens is 444 g/mol. The summed E-state index contributed by atoms with van der Waals surface area (Å²) in [5.41, 5.74) is 1.98. The highest BCUT2D eigenvalue weighted by atomic mass is 16.7. The molecular formula is C29H42O6. The van der Waals surface area contributed by atoms with Gasteiger partial charge in [-0.25, -0.2) is 4.79 Å². The van der Waals surface area contributed by atoms with E-state index in [0.29, 0.717) is 24.7 Å². The molecule has 0 aromatic heterocycles. The molecule has 0 heterocycles. The highest BCUT2D eigenvalue weighted by molar-refractivity contribution is 5.97. The molecule has 6 heteroatoms. The summed E-state index contributed by atoms with van der Waals surface area (Å²) in [6.07, 6.45) is 12.2. The molecule has 0 aromatic carbocycles. The molecule has 3 saturated carbocycles. The van der Waals surface area contributed by atoms with Crippen molar-refractivity contribution in [2.75, 3.05) is 7.11 Å². The van der Waals surface area contributed by atoms with Crippen LogP contribution in [0.4, 0.5) is 4.79 Å². The van der Waals surface area contributed by atoms with Gasteiger partial charge in [-0.2, -0.15) is 0 Å². The molecule has 0 amide bonds. The van der Waals surface area contributed by atoms with Gasteiger partial charge in [0.2, 0.25) is 0 Å². The number of ether oxygens (including phenoxy) is 2. The second-order valence-corrected chi connectivity index (χ2v) is 11.3. The van der Waals surface area contributed by atoms with Crippen molar-refractivity contribution in [3.05, 3.63) is 47.6 Å². The fourth-order valence-corrected chi connectivity index (χ4v) is 6.48. The van der Waals surface area contributed by atoms with Crippen molar-refractivity contribution in [1.82, 2.24) is 0 Å². The predicted octanol–water partition coefficient (Wildman–Crippen LogP) is 5.45. The number of carbonyl (C=O) groups is 2. The van der Waals surface area contributed by atoms with Crippen LogP contribution in [0, 0.1) is 23.2 Å². The van der Waals surface area contributed by atoms with Crippen molar-refractivity contribution in [3.8, 4) is 0 Å². The lowest BCUT2D eigenvalue weighted by Crippen LogP contribution is -2.37. The van der Waals surface area contributed by atoms with E-state index in [-0.39, 0.29) is 17.1 Å². The first kappa shape index (κ1) is 27.4. The smallest absolute Gasteiger partial charge is 0.438 e. The van der Waals surface area contributed by atoms with Crippen LogP contribution < -0.4 is 0 Å². The summed E-state index contributed by atoms with van der Waals surface area (Å²) < 4.78 is 9.64. The van der Waals surface area contributed by atoms with Crippen LogP contribution in [0.25, 0.3) is 0 Å². The van der Waals surface area contributed by atoms with Crippen LogP contribution in [0.5, 0.6) is 0 Å². The summed E-state index contributed by atoms with van der Waals surface area (Å²) >= 11 is 0. The van der Waals surface area contributed by atoms with E-state index in [1.165, 1.54) is 12.7 Å². The third kappa shape index (κ3) is 5.97. The van der Waals surface area contributed by atoms with Crippen LogP contribution in [0.3, 0.4) is 0 Å². The van der Waals surface area contributed by atoms with E-state index >= 15 is 0 Å². The Hall–Kier alpha value is -2.18. The summed E-state index contributed by atoms with van der Waals surface area (Å²) in [6, 6.07) is 0. The molecule has 0 saturated heterocycles. The number of hydrogen-bond donors (Lipinski definition) is 2. The first-order valence-electron chi connectivity index (χ1n) is 12.8. The van der Waals surface area contributed by atoms with Gasteiger partial charge in [-0.1, -0.05) is 44.2 Å². The first-order valence-corrected chi connectivity index (χ1v) is 12.8. The third-order valence-electron chi connectivity index (χ3n) is 8.59. The van der Waals surface area contributed by atoms with Gasteiger partial charge in [0.1, 0.15) is 0 Å². The molecule has 0 aromatic rings. The molecule has 3 aliphatic rings. The van der Waals surface area contributed by atoms with Crippen LogP contribution in [0.1, 0.15) is 72.6 Å². The maximum absolute atomic E-state index is 12.7. The fraction of sp³-hybridized carbons (Fsp3) is 0.655. The Labute approximate surface area is 209 Å². The Morgan fingerprint density at radius 1 is 1.23 bits per heavy atom. The number of carbonyl (C=O) groups excluding carboxylic acids is 2. The van der Waals surface area contributed by atoms with E-state index in [9.17, 15) is 19.8 Å². The molecule has 194 valence electrons. The van der Waals surface area contributed by atoms with Crippen molar-refractivity contribution >= 4 is 11.9 Å². The minimum Gasteiger partial charge on any atom is -0.438 e. The summed E-state index contributed by atoms with van der Waals surface area (Å²) in [7, 11) is 1.22. The number of rotatable bonds is 6. The molecule has 6 nitrogen and oxygen atoms in total. The second kappa shape index (κ2) is 10.8. The van der Waals surface area contributed by atoms with Crippen molar-refractivity contribution in [1.29, 1.82) is 0 Å².